The second kappa shape index (κ2) is 10.1. The first-order valence-corrected chi connectivity index (χ1v) is 9.32. The zero-order valence-electron chi connectivity index (χ0n) is 17.2. The molecule has 6 nitrogen and oxygen atoms in total. The van der Waals surface area contributed by atoms with Crippen molar-refractivity contribution < 1.29 is 23.7 Å². The van der Waals surface area contributed by atoms with Crippen LogP contribution in [0.2, 0.25) is 0 Å². The Morgan fingerprint density at radius 3 is 2.27 bits per heavy atom. The molecule has 1 amide bonds. The number of benzene rings is 3. The highest BCUT2D eigenvalue weighted by Gasteiger charge is 2.16. The van der Waals surface area contributed by atoms with Gasteiger partial charge in [-0.1, -0.05) is 48.2 Å². The summed E-state index contributed by atoms with van der Waals surface area (Å²) in [6, 6.07) is 17.1. The van der Waals surface area contributed by atoms with Gasteiger partial charge in [0, 0.05) is 10.9 Å². The Bertz CT molecular complexity index is 1070. The van der Waals surface area contributed by atoms with E-state index in [1.165, 1.54) is 21.3 Å². The number of methoxy groups -OCH3 is 3. The van der Waals surface area contributed by atoms with E-state index >= 15 is 0 Å². The summed E-state index contributed by atoms with van der Waals surface area (Å²) >= 11 is 0. The number of hydrogen-bond acceptors (Lipinski definition) is 5. The Balaban J connectivity index is 1.57. The second-order valence-corrected chi connectivity index (χ2v) is 6.22. The molecule has 0 atom stereocenters. The molecular formula is C24H23NO5. The summed E-state index contributed by atoms with van der Waals surface area (Å²) < 4.78 is 21.6. The largest absolute Gasteiger partial charge is 0.493 e. The van der Waals surface area contributed by atoms with Gasteiger partial charge in [-0.2, -0.15) is 0 Å². The minimum absolute atomic E-state index is 0.189. The van der Waals surface area contributed by atoms with Gasteiger partial charge in [-0.25, -0.2) is 0 Å². The fourth-order valence-corrected chi connectivity index (χ4v) is 2.99. The van der Waals surface area contributed by atoms with Crippen molar-refractivity contribution in [3.63, 3.8) is 0 Å². The molecule has 3 aromatic carbocycles. The van der Waals surface area contributed by atoms with Gasteiger partial charge in [-0.3, -0.25) is 4.79 Å². The molecule has 0 aliphatic rings. The molecule has 1 N–H and O–H groups in total. The van der Waals surface area contributed by atoms with Gasteiger partial charge in [0.2, 0.25) is 5.75 Å². The molecule has 0 aromatic heterocycles. The zero-order chi connectivity index (χ0) is 21.3. The number of nitrogens with one attached hydrogen (secondary N) is 1. The second-order valence-electron chi connectivity index (χ2n) is 6.22. The summed E-state index contributed by atoms with van der Waals surface area (Å²) in [4.78, 5) is 12.4. The summed E-state index contributed by atoms with van der Waals surface area (Å²) in [6.45, 7) is 0.419. The van der Waals surface area contributed by atoms with Crippen LogP contribution in [0.3, 0.4) is 0 Å². The monoisotopic (exact) mass is 405 g/mol. The highest BCUT2D eigenvalue weighted by Crippen LogP contribution is 2.38. The van der Waals surface area contributed by atoms with Crippen LogP contribution >= 0.6 is 0 Å². The number of rotatable bonds is 7. The standard InChI is InChI=1S/C24H23NO5/c1-27-21-15-18(16-22(28-2)23(21)29-3)24(26)25-13-6-7-14-30-20-12-8-10-17-9-4-5-11-19(17)20/h4-5,8-12,15-16H,13-14H2,1-3H3,(H,25,26). The van der Waals surface area contributed by atoms with Gasteiger partial charge in [0.15, 0.2) is 11.5 Å². The van der Waals surface area contributed by atoms with Crippen LogP contribution in [0.1, 0.15) is 10.4 Å². The molecule has 0 unspecified atom stereocenters. The van der Waals surface area contributed by atoms with Crippen LogP contribution in [0.4, 0.5) is 0 Å². The molecule has 0 saturated heterocycles. The summed E-state index contributed by atoms with van der Waals surface area (Å²) in [7, 11) is 4.51. The summed E-state index contributed by atoms with van der Waals surface area (Å²) in [5.74, 6) is 7.55. The van der Waals surface area contributed by atoms with E-state index < -0.39 is 0 Å². The van der Waals surface area contributed by atoms with Crippen molar-refractivity contribution in [3.8, 4) is 34.8 Å². The minimum atomic E-state index is -0.293. The van der Waals surface area contributed by atoms with Gasteiger partial charge >= 0.3 is 0 Å². The van der Waals surface area contributed by atoms with Crippen LogP contribution in [0.15, 0.2) is 54.6 Å². The predicted molar refractivity (Wildman–Crippen MR) is 116 cm³/mol. The van der Waals surface area contributed by atoms with Crippen molar-refractivity contribution in [2.24, 2.45) is 0 Å². The molecule has 3 aromatic rings. The van der Waals surface area contributed by atoms with Crippen LogP contribution in [-0.4, -0.2) is 40.4 Å². The Morgan fingerprint density at radius 1 is 0.867 bits per heavy atom. The first-order chi connectivity index (χ1) is 14.7. The van der Waals surface area contributed by atoms with E-state index in [-0.39, 0.29) is 19.1 Å². The first kappa shape index (κ1) is 20.9. The summed E-state index contributed by atoms with van der Waals surface area (Å²) in [6.07, 6.45) is 0. The lowest BCUT2D eigenvalue weighted by Gasteiger charge is -2.13. The molecule has 0 spiro atoms. The number of ether oxygens (including phenoxy) is 4. The topological polar surface area (TPSA) is 66.0 Å². The molecule has 0 fully saturated rings. The number of carbonyl (C=O) groups excluding carboxylic acids is 1. The van der Waals surface area contributed by atoms with Crippen molar-refractivity contribution in [3.05, 3.63) is 60.2 Å². The van der Waals surface area contributed by atoms with Crippen molar-refractivity contribution in [2.75, 3.05) is 34.5 Å². The number of fused-ring (bicyclic) bond motifs is 1. The molecule has 30 heavy (non-hydrogen) atoms. The number of carbonyl (C=O) groups is 1. The van der Waals surface area contributed by atoms with Gasteiger partial charge in [-0.05, 0) is 23.6 Å². The lowest BCUT2D eigenvalue weighted by atomic mass is 10.1. The smallest absolute Gasteiger partial charge is 0.252 e. The zero-order valence-corrected chi connectivity index (χ0v) is 17.2. The molecule has 0 heterocycles. The van der Waals surface area contributed by atoms with Gasteiger partial charge in [0.25, 0.3) is 5.91 Å². The average Bonchev–Trinajstić information content (AvgIpc) is 2.80. The average molecular weight is 405 g/mol. The van der Waals surface area contributed by atoms with Crippen LogP contribution in [-0.2, 0) is 0 Å². The summed E-state index contributed by atoms with van der Waals surface area (Å²) in [5, 5.41) is 4.90. The third-order valence-electron chi connectivity index (χ3n) is 4.44. The van der Waals surface area contributed by atoms with Crippen LogP contribution < -0.4 is 24.3 Å². The third-order valence-corrected chi connectivity index (χ3v) is 4.44. The van der Waals surface area contributed by atoms with Crippen molar-refractivity contribution in [2.45, 2.75) is 0 Å². The highest BCUT2D eigenvalue weighted by atomic mass is 16.5. The maximum Gasteiger partial charge on any atom is 0.252 e. The van der Waals surface area contributed by atoms with Crippen molar-refractivity contribution in [1.82, 2.24) is 5.32 Å². The Labute approximate surface area is 175 Å². The number of amides is 1. The lowest BCUT2D eigenvalue weighted by Crippen LogP contribution is -2.23. The summed E-state index contributed by atoms with van der Waals surface area (Å²) in [5.41, 5.74) is 0.387. The fraction of sp³-hybridized carbons (Fsp3) is 0.208. The molecule has 0 aliphatic carbocycles. The molecule has 0 bridgehead atoms. The van der Waals surface area contributed by atoms with Gasteiger partial charge in [0.1, 0.15) is 12.4 Å². The Kier molecular flexibility index (Phi) is 7.01. The van der Waals surface area contributed by atoms with Crippen LogP contribution in [0, 0.1) is 11.8 Å². The lowest BCUT2D eigenvalue weighted by molar-refractivity contribution is 0.0958. The van der Waals surface area contributed by atoms with E-state index in [9.17, 15) is 4.79 Å². The maximum absolute atomic E-state index is 12.4. The van der Waals surface area contributed by atoms with E-state index in [2.05, 4.69) is 17.2 Å². The first-order valence-electron chi connectivity index (χ1n) is 9.32. The molecule has 6 heteroatoms. The number of hydrogen-bond donors (Lipinski definition) is 1. The molecular weight excluding hydrogens is 382 g/mol. The van der Waals surface area contributed by atoms with Crippen LogP contribution in [0.5, 0.6) is 23.0 Å². The molecule has 154 valence electrons. The van der Waals surface area contributed by atoms with Gasteiger partial charge < -0.3 is 24.3 Å². The van der Waals surface area contributed by atoms with Gasteiger partial charge in [0.05, 0.1) is 27.9 Å². The molecule has 0 aliphatic heterocycles. The van der Waals surface area contributed by atoms with Gasteiger partial charge in [-0.15, -0.1) is 0 Å². The van der Waals surface area contributed by atoms with E-state index in [0.717, 1.165) is 16.5 Å². The fourth-order valence-electron chi connectivity index (χ4n) is 2.99. The van der Waals surface area contributed by atoms with Crippen LogP contribution in [0.25, 0.3) is 10.8 Å². The maximum atomic E-state index is 12.4. The SMILES string of the molecule is COc1cc(C(=O)NCC#CCOc2cccc3ccccc23)cc(OC)c1OC. The van der Waals surface area contributed by atoms with E-state index in [0.29, 0.717) is 22.8 Å². The molecule has 0 saturated carbocycles. The van der Waals surface area contributed by atoms with E-state index in [4.69, 9.17) is 18.9 Å². The van der Waals surface area contributed by atoms with E-state index in [1.807, 2.05) is 42.5 Å². The molecule has 0 radical (unpaired) electrons. The van der Waals surface area contributed by atoms with Crippen molar-refractivity contribution >= 4 is 16.7 Å². The molecule has 3 rings (SSSR count). The normalized spacial score (nSPS) is 9.97. The van der Waals surface area contributed by atoms with E-state index in [1.54, 1.807) is 12.1 Å². The minimum Gasteiger partial charge on any atom is -0.493 e. The third kappa shape index (κ3) is 4.76. The quantitative estimate of drug-likeness (QED) is 0.608. The highest BCUT2D eigenvalue weighted by molar-refractivity contribution is 5.95. The Morgan fingerprint density at radius 2 is 1.57 bits per heavy atom. The Hall–Kier alpha value is -3.85. The predicted octanol–water partition coefficient (Wildman–Crippen LogP) is 3.68. The van der Waals surface area contributed by atoms with Crippen molar-refractivity contribution in [1.29, 1.82) is 0 Å².